The number of hydrogen-bond acceptors (Lipinski definition) is 4. The highest BCUT2D eigenvalue weighted by Gasteiger charge is 2.32. The van der Waals surface area contributed by atoms with Gasteiger partial charge in [0.25, 0.3) is 0 Å². The van der Waals surface area contributed by atoms with Crippen molar-refractivity contribution in [3.63, 3.8) is 0 Å². The van der Waals surface area contributed by atoms with Gasteiger partial charge in [-0.2, -0.15) is 0 Å². The van der Waals surface area contributed by atoms with Gasteiger partial charge < -0.3 is 10.2 Å². The summed E-state index contributed by atoms with van der Waals surface area (Å²) in [5, 5.41) is 4.57. The molecule has 0 radical (unpaired) electrons. The number of anilines is 1. The summed E-state index contributed by atoms with van der Waals surface area (Å²) in [6, 6.07) is 20.4. The van der Waals surface area contributed by atoms with Gasteiger partial charge in [-0.25, -0.2) is 8.42 Å². The molecule has 3 aromatic carbocycles. The van der Waals surface area contributed by atoms with Crippen LogP contribution in [0.15, 0.2) is 72.8 Å². The van der Waals surface area contributed by atoms with Gasteiger partial charge in [-0.3, -0.25) is 13.9 Å². The average Bonchev–Trinajstić information content (AvgIpc) is 2.99. The van der Waals surface area contributed by atoms with Crippen LogP contribution in [0.3, 0.4) is 0 Å². The van der Waals surface area contributed by atoms with Crippen molar-refractivity contribution in [3.05, 3.63) is 99.0 Å². The fraction of sp³-hybridized carbons (Fsp3) is 0.394. The Labute approximate surface area is 275 Å². The van der Waals surface area contributed by atoms with Crippen LogP contribution in [0.1, 0.15) is 56.1 Å². The van der Waals surface area contributed by atoms with E-state index in [1.54, 1.807) is 47.4 Å². The zero-order valence-corrected chi connectivity index (χ0v) is 27.8. The van der Waals surface area contributed by atoms with Crippen LogP contribution in [0, 0.1) is 0 Å². The molecule has 1 aliphatic rings. The van der Waals surface area contributed by atoms with Crippen molar-refractivity contribution in [2.45, 2.75) is 70.0 Å². The molecule has 0 aromatic heterocycles. The van der Waals surface area contributed by atoms with Crippen molar-refractivity contribution in [1.82, 2.24) is 10.2 Å². The minimum Gasteiger partial charge on any atom is -0.352 e. The van der Waals surface area contributed by atoms with Crippen molar-refractivity contribution < 1.29 is 18.0 Å². The van der Waals surface area contributed by atoms with E-state index in [0.717, 1.165) is 43.9 Å². The number of benzene rings is 3. The molecule has 1 atom stereocenters. The third kappa shape index (κ3) is 9.86. The molecule has 0 saturated heterocycles. The molecule has 1 fully saturated rings. The molecule has 2 amide bonds. The molecule has 0 spiro atoms. The number of carbonyl (C=O) groups is 2. The standard InChI is InChI=1S/C33H38Cl3N3O4S/c1-44(42,43)39(29-18-16-26(34)17-19-29)20-8-13-32(40)38(23-25-14-15-27(35)22-30(25)36)31(21-24-9-4-2-5-10-24)33(41)37-28-11-6-3-7-12-28/h2,4-5,9-10,14-19,22,28,31H,3,6-8,11-13,20-21,23H2,1H3,(H,37,41). The first-order valence-electron chi connectivity index (χ1n) is 14.8. The predicted molar refractivity (Wildman–Crippen MR) is 179 cm³/mol. The van der Waals surface area contributed by atoms with Crippen LogP contribution in [0.2, 0.25) is 15.1 Å². The average molecular weight is 679 g/mol. The smallest absolute Gasteiger partial charge is 0.243 e. The van der Waals surface area contributed by atoms with E-state index in [9.17, 15) is 18.0 Å². The van der Waals surface area contributed by atoms with Gasteiger partial charge in [0.1, 0.15) is 6.04 Å². The normalized spacial score (nSPS) is 14.5. The molecule has 1 N–H and O–H groups in total. The molecular formula is C33H38Cl3N3O4S. The fourth-order valence-electron chi connectivity index (χ4n) is 5.54. The summed E-state index contributed by atoms with van der Waals surface area (Å²) in [7, 11) is -3.62. The molecule has 44 heavy (non-hydrogen) atoms. The van der Waals surface area contributed by atoms with E-state index in [-0.39, 0.29) is 43.8 Å². The largest absolute Gasteiger partial charge is 0.352 e. The third-order valence-electron chi connectivity index (χ3n) is 7.85. The van der Waals surface area contributed by atoms with Crippen LogP contribution in [0.5, 0.6) is 0 Å². The van der Waals surface area contributed by atoms with Crippen LogP contribution in [-0.2, 0) is 32.6 Å². The Kier molecular flexibility index (Phi) is 12.4. The van der Waals surface area contributed by atoms with E-state index in [4.69, 9.17) is 34.8 Å². The van der Waals surface area contributed by atoms with Gasteiger partial charge in [-0.05, 0) is 66.8 Å². The summed E-state index contributed by atoms with van der Waals surface area (Å²) in [6.07, 6.45) is 6.79. The Bertz CT molecular complexity index is 1510. The van der Waals surface area contributed by atoms with E-state index in [1.807, 2.05) is 30.3 Å². The predicted octanol–water partition coefficient (Wildman–Crippen LogP) is 7.28. The highest BCUT2D eigenvalue weighted by Crippen LogP contribution is 2.26. The van der Waals surface area contributed by atoms with E-state index in [0.29, 0.717) is 32.7 Å². The molecule has 0 heterocycles. The first-order chi connectivity index (χ1) is 21.0. The van der Waals surface area contributed by atoms with Gasteiger partial charge in [-0.15, -0.1) is 0 Å². The Hall–Kier alpha value is -2.78. The Morgan fingerprint density at radius 3 is 2.20 bits per heavy atom. The minimum absolute atomic E-state index is 0.0207. The number of carbonyl (C=O) groups excluding carboxylic acids is 2. The van der Waals surface area contributed by atoms with Crippen molar-refractivity contribution in [2.75, 3.05) is 17.1 Å². The van der Waals surface area contributed by atoms with Crippen molar-refractivity contribution in [1.29, 1.82) is 0 Å². The summed E-state index contributed by atoms with van der Waals surface area (Å²) in [5.41, 5.74) is 2.04. The lowest BCUT2D eigenvalue weighted by Gasteiger charge is -2.34. The molecule has 236 valence electrons. The van der Waals surface area contributed by atoms with Crippen molar-refractivity contribution >= 4 is 62.3 Å². The SMILES string of the molecule is CS(=O)(=O)N(CCCC(=O)N(Cc1ccc(Cl)cc1Cl)C(Cc1ccccc1)C(=O)NC1CCCCC1)c1ccc(Cl)cc1. The van der Waals surface area contributed by atoms with Gasteiger partial charge in [0, 0.05) is 47.0 Å². The maximum absolute atomic E-state index is 14.1. The molecule has 11 heteroatoms. The number of sulfonamides is 1. The van der Waals surface area contributed by atoms with E-state index in [2.05, 4.69) is 5.32 Å². The third-order valence-corrected chi connectivity index (χ3v) is 9.88. The van der Waals surface area contributed by atoms with Crippen LogP contribution >= 0.6 is 34.8 Å². The molecule has 1 unspecified atom stereocenters. The summed E-state index contributed by atoms with van der Waals surface area (Å²) < 4.78 is 26.5. The topological polar surface area (TPSA) is 86.8 Å². The quantitative estimate of drug-likeness (QED) is 0.206. The van der Waals surface area contributed by atoms with Crippen LogP contribution in [0.4, 0.5) is 5.69 Å². The molecule has 4 rings (SSSR count). The van der Waals surface area contributed by atoms with Crippen LogP contribution in [0.25, 0.3) is 0 Å². The van der Waals surface area contributed by atoms with Gasteiger partial charge in [0.05, 0.1) is 11.9 Å². The first kappa shape index (κ1) is 34.1. The summed E-state index contributed by atoms with van der Waals surface area (Å²) in [5.74, 6) is -0.488. The molecule has 0 aliphatic heterocycles. The first-order valence-corrected chi connectivity index (χ1v) is 17.8. The summed E-state index contributed by atoms with van der Waals surface area (Å²) >= 11 is 18.7. The van der Waals surface area contributed by atoms with Crippen LogP contribution < -0.4 is 9.62 Å². The molecule has 1 aliphatic carbocycles. The molecule has 1 saturated carbocycles. The molecule has 0 bridgehead atoms. The number of amides is 2. The zero-order valence-electron chi connectivity index (χ0n) is 24.7. The maximum Gasteiger partial charge on any atom is 0.243 e. The Morgan fingerprint density at radius 2 is 1.57 bits per heavy atom. The number of rotatable bonds is 13. The second-order valence-electron chi connectivity index (χ2n) is 11.2. The highest BCUT2D eigenvalue weighted by atomic mass is 35.5. The maximum atomic E-state index is 14.1. The molecule has 3 aromatic rings. The number of nitrogens with zero attached hydrogens (tertiary/aromatic N) is 2. The number of halogens is 3. The van der Waals surface area contributed by atoms with Gasteiger partial charge >= 0.3 is 0 Å². The zero-order chi connectivity index (χ0) is 31.7. The van der Waals surface area contributed by atoms with Gasteiger partial charge in [0.15, 0.2) is 0 Å². The van der Waals surface area contributed by atoms with Crippen molar-refractivity contribution in [2.24, 2.45) is 0 Å². The molecule has 7 nitrogen and oxygen atoms in total. The van der Waals surface area contributed by atoms with E-state index in [1.165, 1.54) is 4.31 Å². The highest BCUT2D eigenvalue weighted by molar-refractivity contribution is 7.92. The van der Waals surface area contributed by atoms with E-state index >= 15 is 0 Å². The summed E-state index contributed by atoms with van der Waals surface area (Å²) in [4.78, 5) is 29.6. The van der Waals surface area contributed by atoms with Gasteiger partial charge in [0.2, 0.25) is 21.8 Å². The number of nitrogens with one attached hydrogen (secondary N) is 1. The monoisotopic (exact) mass is 677 g/mol. The van der Waals surface area contributed by atoms with Crippen molar-refractivity contribution in [3.8, 4) is 0 Å². The van der Waals surface area contributed by atoms with E-state index < -0.39 is 16.1 Å². The lowest BCUT2D eigenvalue weighted by Crippen LogP contribution is -2.53. The molecular weight excluding hydrogens is 641 g/mol. The minimum atomic E-state index is -3.62. The summed E-state index contributed by atoms with van der Waals surface area (Å²) in [6.45, 7) is 0.177. The second kappa shape index (κ2) is 16.0. The number of hydrogen-bond donors (Lipinski definition) is 1. The fourth-order valence-corrected chi connectivity index (χ4v) is 7.10. The Morgan fingerprint density at radius 1 is 0.909 bits per heavy atom. The Balaban J connectivity index is 1.61. The van der Waals surface area contributed by atoms with Crippen LogP contribution in [-0.4, -0.2) is 50.0 Å². The lowest BCUT2D eigenvalue weighted by atomic mass is 9.94. The second-order valence-corrected chi connectivity index (χ2v) is 14.4. The lowest BCUT2D eigenvalue weighted by molar-refractivity contribution is -0.141. The van der Waals surface area contributed by atoms with Gasteiger partial charge in [-0.1, -0.05) is 90.5 Å².